The van der Waals surface area contributed by atoms with Crippen molar-refractivity contribution in [1.29, 1.82) is 0 Å². The van der Waals surface area contributed by atoms with E-state index in [1.807, 2.05) is 25.1 Å². The number of nitrogens with zero attached hydrogens (tertiary/aromatic N) is 4. The number of anilines is 2. The highest BCUT2D eigenvalue weighted by atomic mass is 19.1. The van der Waals surface area contributed by atoms with Gasteiger partial charge in [-0.1, -0.05) is 31.4 Å². The molecule has 3 aromatic heterocycles. The average molecular weight is 461 g/mol. The van der Waals surface area contributed by atoms with Crippen molar-refractivity contribution < 1.29 is 4.39 Å². The van der Waals surface area contributed by atoms with Gasteiger partial charge in [-0.3, -0.25) is 4.79 Å². The first-order chi connectivity index (χ1) is 16.5. The Kier molecular flexibility index (Phi) is 7.07. The number of aromatic amines is 2. The summed E-state index contributed by atoms with van der Waals surface area (Å²) in [5.74, 6) is 0.901. The van der Waals surface area contributed by atoms with Gasteiger partial charge >= 0.3 is 0 Å². The van der Waals surface area contributed by atoms with Gasteiger partial charge in [0.1, 0.15) is 23.5 Å². The topological polar surface area (TPSA) is 138 Å². The van der Waals surface area contributed by atoms with Crippen LogP contribution in [0.15, 0.2) is 59.9 Å². The molecule has 0 saturated heterocycles. The van der Waals surface area contributed by atoms with E-state index >= 15 is 0 Å². The third-order valence-electron chi connectivity index (χ3n) is 4.86. The largest absolute Gasteiger partial charge is 0.399 e. The average Bonchev–Trinajstić information content (AvgIpc) is 3.64. The molecular formula is C24H25FN8O. The Morgan fingerprint density at radius 1 is 1.06 bits per heavy atom. The summed E-state index contributed by atoms with van der Waals surface area (Å²) in [6.45, 7) is 2.23. The number of nitrogens with two attached hydrogens (primary N) is 1. The lowest BCUT2D eigenvalue weighted by Crippen LogP contribution is -2.15. The molecule has 174 valence electrons. The van der Waals surface area contributed by atoms with Crippen molar-refractivity contribution >= 4 is 33.6 Å². The summed E-state index contributed by atoms with van der Waals surface area (Å²) < 4.78 is 12.0. The molecule has 0 amide bonds. The minimum atomic E-state index is -0.251. The van der Waals surface area contributed by atoms with Crippen LogP contribution >= 0.6 is 0 Å². The van der Waals surface area contributed by atoms with Crippen molar-refractivity contribution in [2.24, 2.45) is 0 Å². The fourth-order valence-electron chi connectivity index (χ4n) is 3.02. The number of imidazole rings is 1. The number of hydrogen-bond acceptors (Lipinski definition) is 7. The first kappa shape index (κ1) is 22.8. The summed E-state index contributed by atoms with van der Waals surface area (Å²) in [6, 6.07) is 11.3. The second-order valence-corrected chi connectivity index (χ2v) is 7.77. The Hall–Kier alpha value is -4.34. The van der Waals surface area contributed by atoms with E-state index < -0.39 is 0 Å². The molecule has 1 fully saturated rings. The van der Waals surface area contributed by atoms with Gasteiger partial charge in [0.15, 0.2) is 11.5 Å². The minimum absolute atomic E-state index is 0.140. The SMILES string of the molecule is C1CC1.Cc1cccc2nc(CNc3ncnc4nc[nH]c34)[nH]c(=O)c12.Nc1ccc(F)cc1. The van der Waals surface area contributed by atoms with E-state index in [-0.39, 0.29) is 11.4 Å². The fourth-order valence-corrected chi connectivity index (χ4v) is 3.02. The zero-order valence-electron chi connectivity index (χ0n) is 18.7. The van der Waals surface area contributed by atoms with E-state index in [1.54, 1.807) is 6.33 Å². The molecule has 9 nitrogen and oxygen atoms in total. The molecule has 0 aliphatic heterocycles. The molecular weight excluding hydrogens is 435 g/mol. The first-order valence-electron chi connectivity index (χ1n) is 10.9. The Bertz CT molecular complexity index is 1420. The summed E-state index contributed by atoms with van der Waals surface area (Å²) in [5, 5.41) is 3.76. The van der Waals surface area contributed by atoms with Crippen LogP contribution in [-0.2, 0) is 6.54 Å². The van der Waals surface area contributed by atoms with Gasteiger partial charge in [0.2, 0.25) is 0 Å². The van der Waals surface area contributed by atoms with Gasteiger partial charge in [-0.15, -0.1) is 0 Å². The van der Waals surface area contributed by atoms with Crippen molar-refractivity contribution in [2.45, 2.75) is 32.7 Å². The molecule has 0 atom stereocenters. The summed E-state index contributed by atoms with van der Waals surface area (Å²) in [7, 11) is 0. The van der Waals surface area contributed by atoms with Crippen molar-refractivity contribution in [3.8, 4) is 0 Å². The summed E-state index contributed by atoms with van der Waals surface area (Å²) in [6.07, 6.45) is 7.49. The van der Waals surface area contributed by atoms with E-state index in [4.69, 9.17) is 5.73 Å². The van der Waals surface area contributed by atoms with Crippen LogP contribution in [0.5, 0.6) is 0 Å². The maximum atomic E-state index is 12.2. The zero-order chi connectivity index (χ0) is 23.9. The van der Waals surface area contributed by atoms with Gasteiger partial charge in [0.05, 0.1) is 23.8 Å². The fraction of sp³-hybridized carbons (Fsp3) is 0.208. The molecule has 5 aromatic rings. The van der Waals surface area contributed by atoms with Crippen molar-refractivity contribution in [3.63, 3.8) is 0 Å². The van der Waals surface area contributed by atoms with Crippen LogP contribution in [-0.4, -0.2) is 29.9 Å². The number of aryl methyl sites for hydroxylation is 1. The van der Waals surface area contributed by atoms with Crippen LogP contribution in [0.25, 0.3) is 22.1 Å². The Labute approximate surface area is 194 Å². The Morgan fingerprint density at radius 3 is 2.53 bits per heavy atom. The summed E-state index contributed by atoms with van der Waals surface area (Å²) >= 11 is 0. The molecule has 34 heavy (non-hydrogen) atoms. The number of hydrogen-bond donors (Lipinski definition) is 4. The second kappa shape index (κ2) is 10.5. The van der Waals surface area contributed by atoms with Gasteiger partial charge in [-0.05, 0) is 42.8 Å². The maximum Gasteiger partial charge on any atom is 0.259 e. The van der Waals surface area contributed by atoms with Crippen LogP contribution in [0.4, 0.5) is 15.9 Å². The molecule has 10 heteroatoms. The molecule has 0 spiro atoms. The molecule has 5 N–H and O–H groups in total. The molecule has 0 radical (unpaired) electrons. The lowest BCUT2D eigenvalue weighted by molar-refractivity contribution is 0.628. The van der Waals surface area contributed by atoms with Gasteiger partial charge < -0.3 is 21.0 Å². The number of benzene rings is 2. The van der Waals surface area contributed by atoms with Gasteiger partial charge in [-0.25, -0.2) is 24.3 Å². The molecule has 1 aliphatic rings. The van der Waals surface area contributed by atoms with Crippen LogP contribution in [0.2, 0.25) is 0 Å². The zero-order valence-corrected chi connectivity index (χ0v) is 18.7. The lowest BCUT2D eigenvalue weighted by atomic mass is 10.1. The first-order valence-corrected chi connectivity index (χ1v) is 10.9. The maximum absolute atomic E-state index is 12.2. The highest BCUT2D eigenvalue weighted by Gasteiger charge is 2.08. The van der Waals surface area contributed by atoms with Crippen molar-refractivity contribution in [2.75, 3.05) is 11.1 Å². The van der Waals surface area contributed by atoms with E-state index in [9.17, 15) is 9.18 Å². The predicted octanol–water partition coefficient (Wildman–Crippen LogP) is 4.09. The minimum Gasteiger partial charge on any atom is -0.399 e. The van der Waals surface area contributed by atoms with Crippen LogP contribution < -0.4 is 16.6 Å². The van der Waals surface area contributed by atoms with Crippen LogP contribution in [0.1, 0.15) is 30.7 Å². The number of fused-ring (bicyclic) bond motifs is 2. The Morgan fingerprint density at radius 2 is 1.82 bits per heavy atom. The number of H-pyrrole nitrogens is 2. The van der Waals surface area contributed by atoms with E-state index in [0.717, 1.165) is 5.56 Å². The molecule has 2 aromatic carbocycles. The van der Waals surface area contributed by atoms with E-state index in [2.05, 4.69) is 35.2 Å². The lowest BCUT2D eigenvalue weighted by Gasteiger charge is -2.07. The number of halogens is 1. The number of nitrogens with one attached hydrogen (secondary N) is 3. The van der Waals surface area contributed by atoms with Gasteiger partial charge in [0.25, 0.3) is 5.56 Å². The molecule has 1 aliphatic carbocycles. The molecule has 3 heterocycles. The molecule has 1 saturated carbocycles. The highest BCUT2D eigenvalue weighted by Crippen LogP contribution is 2.16. The highest BCUT2D eigenvalue weighted by molar-refractivity contribution is 5.82. The van der Waals surface area contributed by atoms with Crippen LogP contribution in [0, 0.1) is 12.7 Å². The summed E-state index contributed by atoms with van der Waals surface area (Å²) in [5.41, 5.74) is 8.59. The predicted molar refractivity (Wildman–Crippen MR) is 131 cm³/mol. The second-order valence-electron chi connectivity index (χ2n) is 7.77. The third-order valence-corrected chi connectivity index (χ3v) is 4.86. The number of rotatable bonds is 3. The smallest absolute Gasteiger partial charge is 0.259 e. The standard InChI is InChI=1S/C15H13N7O.C6H6FN.C3H6/c1-8-3-2-4-9-11(8)15(23)22-10(21-9)5-16-13-12-14(18-6-17-12)20-7-19-13;7-5-1-3-6(8)4-2-5;1-2-3-1/h2-4,6-7H,5H2,1H3,(H,21,22,23)(H2,16,17,18,19,20);1-4H,8H2;1-3H2. The normalized spacial score (nSPS) is 11.8. The van der Waals surface area contributed by atoms with Crippen molar-refractivity contribution in [3.05, 3.63) is 82.7 Å². The number of nitrogen functional groups attached to an aromatic ring is 1. The monoisotopic (exact) mass is 460 g/mol. The van der Waals surface area contributed by atoms with E-state index in [1.165, 1.54) is 49.9 Å². The molecule has 0 unspecified atom stereocenters. The number of aromatic nitrogens is 6. The van der Waals surface area contributed by atoms with Crippen LogP contribution in [0.3, 0.4) is 0 Å². The quantitative estimate of drug-likeness (QED) is 0.298. The van der Waals surface area contributed by atoms with Gasteiger partial charge in [-0.2, -0.15) is 0 Å². The molecule has 0 bridgehead atoms. The van der Waals surface area contributed by atoms with E-state index in [0.29, 0.717) is 45.9 Å². The molecule has 6 rings (SSSR count). The van der Waals surface area contributed by atoms with Crippen molar-refractivity contribution in [1.82, 2.24) is 29.9 Å². The summed E-state index contributed by atoms with van der Waals surface area (Å²) in [4.78, 5) is 34.8. The third kappa shape index (κ3) is 5.91. The van der Waals surface area contributed by atoms with Gasteiger partial charge in [0, 0.05) is 5.69 Å². The Balaban J connectivity index is 0.000000205.